The first-order valence-electron chi connectivity index (χ1n) is 5.96. The van der Waals surface area contributed by atoms with E-state index in [1.54, 1.807) is 49.5 Å². The van der Waals surface area contributed by atoms with Crippen molar-refractivity contribution in [2.75, 3.05) is 0 Å². The monoisotopic (exact) mass is 287 g/mol. The number of carbonyl (C=O) groups excluding carboxylic acids is 1. The third-order valence-electron chi connectivity index (χ3n) is 3.16. The molecule has 1 aromatic heterocycles. The zero-order valence-corrected chi connectivity index (χ0v) is 11.3. The molecular formula is C15H10ClNO3. The summed E-state index contributed by atoms with van der Waals surface area (Å²) in [6, 6.07) is 11.6. The Balaban J connectivity index is 2.10. The minimum absolute atomic E-state index is 0.128. The lowest BCUT2D eigenvalue weighted by molar-refractivity contribution is 0.103. The van der Waals surface area contributed by atoms with Gasteiger partial charge in [0.25, 0.3) is 0 Å². The third kappa shape index (κ3) is 2.04. The van der Waals surface area contributed by atoms with Crippen molar-refractivity contribution in [3.8, 4) is 0 Å². The summed E-state index contributed by atoms with van der Waals surface area (Å²) in [5.74, 6) is -0.576. The molecule has 3 rings (SSSR count). The zero-order chi connectivity index (χ0) is 14.3. The molecule has 1 heterocycles. The Hall–Kier alpha value is -2.33. The topological polar surface area (TPSA) is 52.2 Å². The van der Waals surface area contributed by atoms with Crippen LogP contribution in [0.1, 0.15) is 15.9 Å². The number of carbonyl (C=O) groups is 1. The average molecular weight is 288 g/mol. The van der Waals surface area contributed by atoms with Crippen molar-refractivity contribution in [1.82, 2.24) is 4.57 Å². The Morgan fingerprint density at radius 3 is 2.45 bits per heavy atom. The summed E-state index contributed by atoms with van der Waals surface area (Å²) in [5, 5.41) is 0.578. The third-order valence-corrected chi connectivity index (χ3v) is 3.41. The lowest BCUT2D eigenvalue weighted by Gasteiger charge is -2.02. The first-order chi connectivity index (χ1) is 9.56. The van der Waals surface area contributed by atoms with E-state index < -0.39 is 5.76 Å². The number of halogens is 1. The number of aryl methyl sites for hydroxylation is 1. The second-order valence-corrected chi connectivity index (χ2v) is 4.88. The lowest BCUT2D eigenvalue weighted by Crippen LogP contribution is -2.08. The van der Waals surface area contributed by atoms with Crippen LogP contribution in [0.4, 0.5) is 0 Å². The molecule has 100 valence electrons. The molecule has 3 aromatic rings. The molecule has 4 nitrogen and oxygen atoms in total. The molecule has 2 aromatic carbocycles. The normalized spacial score (nSPS) is 10.9. The van der Waals surface area contributed by atoms with Crippen molar-refractivity contribution in [3.05, 3.63) is 69.2 Å². The van der Waals surface area contributed by atoms with Gasteiger partial charge < -0.3 is 4.42 Å². The van der Waals surface area contributed by atoms with E-state index in [9.17, 15) is 9.59 Å². The number of ketones is 1. The fourth-order valence-corrected chi connectivity index (χ4v) is 2.16. The molecule has 0 aliphatic rings. The number of hydrogen-bond acceptors (Lipinski definition) is 3. The van der Waals surface area contributed by atoms with Crippen LogP contribution in [0.3, 0.4) is 0 Å². The number of oxazole rings is 1. The van der Waals surface area contributed by atoms with E-state index >= 15 is 0 Å². The van der Waals surface area contributed by atoms with E-state index in [-0.39, 0.29) is 5.78 Å². The number of benzene rings is 2. The van der Waals surface area contributed by atoms with Crippen molar-refractivity contribution < 1.29 is 9.21 Å². The van der Waals surface area contributed by atoms with Gasteiger partial charge >= 0.3 is 5.76 Å². The lowest BCUT2D eigenvalue weighted by atomic mass is 10.0. The highest BCUT2D eigenvalue weighted by Gasteiger charge is 2.12. The standard InChI is InChI=1S/C15H10ClNO3/c1-17-12-8-10(4-7-13(12)20-15(17)19)14(18)9-2-5-11(16)6-3-9/h2-8H,1H3. The minimum atomic E-state index is -0.448. The fourth-order valence-electron chi connectivity index (χ4n) is 2.04. The Bertz CT molecular complexity index is 859. The molecule has 0 amide bonds. The number of aromatic nitrogens is 1. The van der Waals surface area contributed by atoms with Crippen molar-refractivity contribution >= 4 is 28.5 Å². The maximum absolute atomic E-state index is 12.4. The van der Waals surface area contributed by atoms with Gasteiger partial charge in [0.1, 0.15) is 0 Å². The van der Waals surface area contributed by atoms with E-state index in [2.05, 4.69) is 0 Å². The van der Waals surface area contributed by atoms with Crippen LogP contribution in [0, 0.1) is 0 Å². The van der Waals surface area contributed by atoms with Gasteiger partial charge in [0.15, 0.2) is 11.4 Å². The van der Waals surface area contributed by atoms with Crippen molar-refractivity contribution in [3.63, 3.8) is 0 Å². The van der Waals surface area contributed by atoms with Crippen molar-refractivity contribution in [1.29, 1.82) is 0 Å². The van der Waals surface area contributed by atoms with Crippen LogP contribution in [0.25, 0.3) is 11.1 Å². The SMILES string of the molecule is Cn1c(=O)oc2ccc(C(=O)c3ccc(Cl)cc3)cc21. The Kier molecular flexibility index (Phi) is 2.95. The first-order valence-corrected chi connectivity index (χ1v) is 6.34. The van der Waals surface area contributed by atoms with Gasteiger partial charge in [-0.3, -0.25) is 9.36 Å². The van der Waals surface area contributed by atoms with Gasteiger partial charge in [-0.25, -0.2) is 4.79 Å². The number of nitrogens with zero attached hydrogens (tertiary/aromatic N) is 1. The summed E-state index contributed by atoms with van der Waals surface area (Å²) in [5.41, 5.74) is 2.10. The maximum atomic E-state index is 12.4. The van der Waals surface area contributed by atoms with Crippen molar-refractivity contribution in [2.24, 2.45) is 7.05 Å². The minimum Gasteiger partial charge on any atom is -0.408 e. The van der Waals surface area contributed by atoms with Gasteiger partial charge in [0.2, 0.25) is 0 Å². The molecule has 0 unspecified atom stereocenters. The zero-order valence-electron chi connectivity index (χ0n) is 10.6. The van der Waals surface area contributed by atoms with E-state index in [1.807, 2.05) is 0 Å². The highest BCUT2D eigenvalue weighted by Crippen LogP contribution is 2.18. The molecule has 0 aliphatic carbocycles. The molecule has 0 N–H and O–H groups in total. The van der Waals surface area contributed by atoms with Crippen LogP contribution in [-0.4, -0.2) is 10.4 Å². The van der Waals surface area contributed by atoms with E-state index in [0.29, 0.717) is 27.2 Å². The van der Waals surface area contributed by atoms with Crippen LogP contribution < -0.4 is 5.76 Å². The van der Waals surface area contributed by atoms with E-state index in [4.69, 9.17) is 16.0 Å². The largest absolute Gasteiger partial charge is 0.419 e. The van der Waals surface area contributed by atoms with Gasteiger partial charge in [-0.2, -0.15) is 0 Å². The predicted molar refractivity (Wildman–Crippen MR) is 76.3 cm³/mol. The fraction of sp³-hybridized carbons (Fsp3) is 0.0667. The average Bonchev–Trinajstić information content (AvgIpc) is 2.74. The highest BCUT2D eigenvalue weighted by atomic mass is 35.5. The van der Waals surface area contributed by atoms with Gasteiger partial charge in [-0.05, 0) is 42.5 Å². The molecular weight excluding hydrogens is 278 g/mol. The Morgan fingerprint density at radius 1 is 1.10 bits per heavy atom. The van der Waals surface area contributed by atoms with Crippen molar-refractivity contribution in [2.45, 2.75) is 0 Å². The molecule has 0 aliphatic heterocycles. The van der Waals surface area contributed by atoms with Gasteiger partial charge in [0, 0.05) is 23.2 Å². The first kappa shape index (κ1) is 12.7. The molecule has 0 radical (unpaired) electrons. The summed E-state index contributed by atoms with van der Waals surface area (Å²) in [6.07, 6.45) is 0. The Morgan fingerprint density at radius 2 is 1.75 bits per heavy atom. The van der Waals surface area contributed by atoms with E-state index in [0.717, 1.165) is 0 Å². The number of fused-ring (bicyclic) bond motifs is 1. The second-order valence-electron chi connectivity index (χ2n) is 4.45. The van der Waals surface area contributed by atoms with Gasteiger partial charge in [-0.15, -0.1) is 0 Å². The summed E-state index contributed by atoms with van der Waals surface area (Å²) < 4.78 is 6.40. The highest BCUT2D eigenvalue weighted by molar-refractivity contribution is 6.30. The molecule has 0 saturated carbocycles. The molecule has 0 spiro atoms. The van der Waals surface area contributed by atoms with Crippen LogP contribution >= 0.6 is 11.6 Å². The van der Waals surface area contributed by atoms with Gasteiger partial charge in [-0.1, -0.05) is 11.6 Å². The number of rotatable bonds is 2. The molecule has 0 bridgehead atoms. The molecule has 20 heavy (non-hydrogen) atoms. The summed E-state index contributed by atoms with van der Waals surface area (Å²) >= 11 is 5.80. The molecule has 0 saturated heterocycles. The molecule has 0 fully saturated rings. The Labute approximate surface area is 119 Å². The maximum Gasteiger partial charge on any atom is 0.419 e. The predicted octanol–water partition coefficient (Wildman–Crippen LogP) is 3.02. The van der Waals surface area contributed by atoms with Gasteiger partial charge in [0.05, 0.1) is 5.52 Å². The van der Waals surface area contributed by atoms with E-state index in [1.165, 1.54) is 4.57 Å². The van der Waals surface area contributed by atoms with Crippen LogP contribution in [-0.2, 0) is 7.05 Å². The quantitative estimate of drug-likeness (QED) is 0.681. The summed E-state index contributed by atoms with van der Waals surface area (Å²) in [7, 11) is 1.60. The molecule has 0 atom stereocenters. The summed E-state index contributed by atoms with van der Waals surface area (Å²) in [6.45, 7) is 0. The van der Waals surface area contributed by atoms with Crippen LogP contribution in [0.15, 0.2) is 51.7 Å². The smallest absolute Gasteiger partial charge is 0.408 e. The van der Waals surface area contributed by atoms with Crippen LogP contribution in [0.5, 0.6) is 0 Å². The van der Waals surface area contributed by atoms with Crippen LogP contribution in [0.2, 0.25) is 5.02 Å². The molecule has 5 heteroatoms. The number of hydrogen-bond donors (Lipinski definition) is 0. The summed E-state index contributed by atoms with van der Waals surface area (Å²) in [4.78, 5) is 23.8. The second kappa shape index (κ2) is 4.65.